The fourth-order valence-electron chi connectivity index (χ4n) is 1.70. The molecule has 7 heteroatoms. The number of amides is 2. The number of carbonyl (C=O) groups is 1. The maximum absolute atomic E-state index is 12.2. The number of primary amides is 1. The molecule has 2 aromatic rings. The molecule has 0 aliphatic rings. The van der Waals surface area contributed by atoms with E-state index in [4.69, 9.17) is 5.73 Å². The van der Waals surface area contributed by atoms with Crippen LogP contribution < -0.4 is 15.8 Å². The summed E-state index contributed by atoms with van der Waals surface area (Å²) in [6, 6.07) is 12.1. The third kappa shape index (κ3) is 3.96. The van der Waals surface area contributed by atoms with Crippen LogP contribution in [-0.4, -0.2) is 14.4 Å². The van der Waals surface area contributed by atoms with E-state index in [9.17, 15) is 13.2 Å². The maximum Gasteiger partial charge on any atom is 0.316 e. The number of rotatable bonds is 4. The minimum Gasteiger partial charge on any atom is -0.351 e. The molecule has 2 rings (SSSR count). The Labute approximate surface area is 123 Å². The summed E-state index contributed by atoms with van der Waals surface area (Å²) in [6.45, 7) is 1.88. The monoisotopic (exact) mass is 305 g/mol. The zero-order valence-electron chi connectivity index (χ0n) is 11.3. The summed E-state index contributed by atoms with van der Waals surface area (Å²) in [7, 11) is -3.63. The lowest BCUT2D eigenvalue weighted by molar-refractivity contribution is 0.259. The van der Waals surface area contributed by atoms with Gasteiger partial charge in [0.15, 0.2) is 0 Å². The Bertz CT molecular complexity index is 738. The van der Waals surface area contributed by atoms with Gasteiger partial charge < -0.3 is 11.1 Å². The molecule has 0 spiro atoms. The Kier molecular flexibility index (Phi) is 4.13. The Morgan fingerprint density at radius 2 is 1.48 bits per heavy atom. The minimum absolute atomic E-state index is 0.187. The largest absolute Gasteiger partial charge is 0.351 e. The van der Waals surface area contributed by atoms with Gasteiger partial charge in [0.05, 0.1) is 4.90 Å². The first-order chi connectivity index (χ1) is 9.87. The number of carbonyl (C=O) groups excluding carboxylic acids is 1. The Morgan fingerprint density at radius 3 is 2.00 bits per heavy atom. The Morgan fingerprint density at radius 1 is 0.952 bits per heavy atom. The van der Waals surface area contributed by atoms with Gasteiger partial charge in [-0.25, -0.2) is 13.2 Å². The molecule has 0 atom stereocenters. The average Bonchev–Trinajstić information content (AvgIpc) is 2.40. The second-order valence-electron chi connectivity index (χ2n) is 4.49. The van der Waals surface area contributed by atoms with E-state index in [1.54, 1.807) is 36.4 Å². The van der Waals surface area contributed by atoms with Gasteiger partial charge in [-0.3, -0.25) is 4.72 Å². The summed E-state index contributed by atoms with van der Waals surface area (Å²) < 4.78 is 26.8. The Balaban J connectivity index is 2.16. The van der Waals surface area contributed by atoms with Crippen molar-refractivity contribution in [2.24, 2.45) is 5.73 Å². The number of sulfonamides is 1. The van der Waals surface area contributed by atoms with E-state index >= 15 is 0 Å². The van der Waals surface area contributed by atoms with Crippen LogP contribution in [0.2, 0.25) is 0 Å². The zero-order valence-corrected chi connectivity index (χ0v) is 12.1. The number of nitrogens with two attached hydrogens (primary N) is 1. The highest BCUT2D eigenvalue weighted by Gasteiger charge is 2.13. The van der Waals surface area contributed by atoms with Gasteiger partial charge in [-0.2, -0.15) is 0 Å². The summed E-state index contributed by atoms with van der Waals surface area (Å²) in [6.07, 6.45) is 0. The first-order valence-corrected chi connectivity index (χ1v) is 7.61. The van der Waals surface area contributed by atoms with Gasteiger partial charge in [-0.15, -0.1) is 0 Å². The van der Waals surface area contributed by atoms with Crippen molar-refractivity contribution >= 4 is 27.4 Å². The van der Waals surface area contributed by atoms with Crippen molar-refractivity contribution < 1.29 is 13.2 Å². The molecular weight excluding hydrogens is 290 g/mol. The number of benzene rings is 2. The number of nitrogens with one attached hydrogen (secondary N) is 2. The fourth-order valence-corrected chi connectivity index (χ4v) is 2.75. The predicted molar refractivity (Wildman–Crippen MR) is 81.6 cm³/mol. The standard InChI is InChI=1S/C14H15N3O3S/c1-10-2-8-13(9-3-10)21(19,20)17-12-6-4-11(5-7-12)16-14(15)18/h2-9,17H,1H3,(H3,15,16,18). The van der Waals surface area contributed by atoms with E-state index in [2.05, 4.69) is 10.0 Å². The lowest BCUT2D eigenvalue weighted by Gasteiger charge is -2.09. The Hall–Kier alpha value is -2.54. The number of urea groups is 1. The quantitative estimate of drug-likeness (QED) is 0.807. The van der Waals surface area contributed by atoms with E-state index in [1.807, 2.05) is 6.92 Å². The van der Waals surface area contributed by atoms with Crippen molar-refractivity contribution in [3.05, 3.63) is 54.1 Å². The molecule has 0 bridgehead atoms. The molecule has 110 valence electrons. The van der Waals surface area contributed by atoms with Crippen LogP contribution in [0.1, 0.15) is 5.56 Å². The van der Waals surface area contributed by atoms with Crippen LogP contribution in [-0.2, 0) is 10.0 Å². The number of hydrogen-bond donors (Lipinski definition) is 3. The topological polar surface area (TPSA) is 101 Å². The molecular formula is C14H15N3O3S. The van der Waals surface area contributed by atoms with Gasteiger partial charge >= 0.3 is 6.03 Å². The number of aryl methyl sites for hydroxylation is 1. The van der Waals surface area contributed by atoms with Crippen LogP contribution in [0.15, 0.2) is 53.4 Å². The minimum atomic E-state index is -3.63. The highest BCUT2D eigenvalue weighted by Crippen LogP contribution is 2.18. The van der Waals surface area contributed by atoms with Crippen LogP contribution in [0.5, 0.6) is 0 Å². The lowest BCUT2D eigenvalue weighted by Crippen LogP contribution is -2.19. The third-order valence-corrected chi connectivity index (χ3v) is 4.13. The van der Waals surface area contributed by atoms with Crippen molar-refractivity contribution in [2.45, 2.75) is 11.8 Å². The summed E-state index contributed by atoms with van der Waals surface area (Å²) in [4.78, 5) is 10.9. The normalized spacial score (nSPS) is 10.9. The molecule has 0 aliphatic carbocycles. The molecule has 2 aromatic carbocycles. The predicted octanol–water partition coefficient (Wildman–Crippen LogP) is 2.29. The first-order valence-electron chi connectivity index (χ1n) is 6.13. The smallest absolute Gasteiger partial charge is 0.316 e. The van der Waals surface area contributed by atoms with E-state index < -0.39 is 16.1 Å². The van der Waals surface area contributed by atoms with Gasteiger partial charge in [-0.1, -0.05) is 17.7 Å². The lowest BCUT2D eigenvalue weighted by atomic mass is 10.2. The molecule has 21 heavy (non-hydrogen) atoms. The molecule has 0 saturated heterocycles. The van der Waals surface area contributed by atoms with Gasteiger partial charge in [0, 0.05) is 11.4 Å². The SMILES string of the molecule is Cc1ccc(S(=O)(=O)Nc2ccc(NC(N)=O)cc2)cc1. The van der Waals surface area contributed by atoms with E-state index in [-0.39, 0.29) is 4.90 Å². The van der Waals surface area contributed by atoms with Crippen LogP contribution in [0, 0.1) is 6.92 Å². The fraction of sp³-hybridized carbons (Fsp3) is 0.0714. The maximum atomic E-state index is 12.2. The van der Waals surface area contributed by atoms with Crippen LogP contribution in [0.3, 0.4) is 0 Å². The van der Waals surface area contributed by atoms with Crippen molar-refractivity contribution in [1.82, 2.24) is 0 Å². The first kappa shape index (κ1) is 14.9. The van der Waals surface area contributed by atoms with Crippen molar-refractivity contribution in [3.8, 4) is 0 Å². The van der Waals surface area contributed by atoms with Gasteiger partial charge in [0.25, 0.3) is 10.0 Å². The third-order valence-electron chi connectivity index (χ3n) is 2.74. The summed E-state index contributed by atoms with van der Waals surface area (Å²) in [5, 5.41) is 2.39. The van der Waals surface area contributed by atoms with E-state index in [0.717, 1.165) is 5.56 Å². The highest BCUT2D eigenvalue weighted by atomic mass is 32.2. The summed E-state index contributed by atoms with van der Waals surface area (Å²) in [5.41, 5.74) is 6.85. The molecule has 0 aromatic heterocycles. The summed E-state index contributed by atoms with van der Waals surface area (Å²) in [5.74, 6) is 0. The van der Waals surface area contributed by atoms with Crippen LogP contribution in [0.25, 0.3) is 0 Å². The van der Waals surface area contributed by atoms with E-state index in [0.29, 0.717) is 11.4 Å². The molecule has 0 fully saturated rings. The van der Waals surface area contributed by atoms with Crippen molar-refractivity contribution in [2.75, 3.05) is 10.0 Å². The van der Waals surface area contributed by atoms with Crippen molar-refractivity contribution in [3.63, 3.8) is 0 Å². The van der Waals surface area contributed by atoms with Gasteiger partial charge in [0.1, 0.15) is 0 Å². The van der Waals surface area contributed by atoms with Crippen LogP contribution >= 0.6 is 0 Å². The molecule has 0 saturated carbocycles. The average molecular weight is 305 g/mol. The molecule has 0 heterocycles. The molecule has 0 aliphatic heterocycles. The van der Waals surface area contributed by atoms with Crippen LogP contribution in [0.4, 0.5) is 16.2 Å². The second-order valence-corrected chi connectivity index (χ2v) is 6.17. The number of hydrogen-bond acceptors (Lipinski definition) is 3. The molecule has 4 N–H and O–H groups in total. The highest BCUT2D eigenvalue weighted by molar-refractivity contribution is 7.92. The van der Waals surface area contributed by atoms with E-state index in [1.165, 1.54) is 12.1 Å². The zero-order chi connectivity index (χ0) is 15.5. The van der Waals surface area contributed by atoms with Gasteiger partial charge in [0.2, 0.25) is 0 Å². The number of anilines is 2. The molecule has 2 amide bonds. The second kappa shape index (κ2) is 5.84. The van der Waals surface area contributed by atoms with Crippen molar-refractivity contribution in [1.29, 1.82) is 0 Å². The molecule has 0 unspecified atom stereocenters. The van der Waals surface area contributed by atoms with Gasteiger partial charge in [-0.05, 0) is 43.3 Å². The molecule has 0 radical (unpaired) electrons. The molecule has 6 nitrogen and oxygen atoms in total. The summed E-state index contributed by atoms with van der Waals surface area (Å²) >= 11 is 0.